The molecular weight excluding hydrogens is 432 g/mol. The Morgan fingerprint density at radius 2 is 1.85 bits per heavy atom. The Kier molecular flexibility index (Phi) is 6.39. The average Bonchev–Trinajstić information content (AvgIpc) is 2.97. The first kappa shape index (κ1) is 23.3. The van der Waals surface area contributed by atoms with Crippen molar-refractivity contribution in [3.05, 3.63) is 52.6 Å². The smallest absolute Gasteiger partial charge is 0.339 e. The van der Waals surface area contributed by atoms with Crippen molar-refractivity contribution in [3.8, 4) is 6.07 Å². The molecule has 1 aromatic rings. The van der Waals surface area contributed by atoms with Crippen molar-refractivity contribution >= 4 is 29.4 Å². The summed E-state index contributed by atoms with van der Waals surface area (Å²) in [6, 6.07) is 8.13. The Morgan fingerprint density at radius 3 is 2.45 bits per heavy atom. The summed E-state index contributed by atoms with van der Waals surface area (Å²) in [6.07, 6.45) is -0.547. The number of anilines is 1. The number of carbonyl (C=O) groups excluding carboxylic acids is 4. The summed E-state index contributed by atoms with van der Waals surface area (Å²) in [5, 5.41) is 9.98. The van der Waals surface area contributed by atoms with Gasteiger partial charge in [0.25, 0.3) is 0 Å². The Labute approximate surface area is 189 Å². The van der Waals surface area contributed by atoms with E-state index in [0.717, 1.165) is 4.90 Å². The molecule has 2 aliphatic heterocycles. The lowest BCUT2D eigenvalue weighted by Gasteiger charge is -2.35. The second kappa shape index (κ2) is 9.04. The van der Waals surface area contributed by atoms with Gasteiger partial charge in [-0.15, -0.1) is 0 Å². The summed E-state index contributed by atoms with van der Waals surface area (Å²) in [7, 11) is 0. The maximum Gasteiger partial charge on any atom is 0.339 e. The summed E-state index contributed by atoms with van der Waals surface area (Å²) >= 11 is 0. The molecule has 0 saturated heterocycles. The number of hydrogen-bond acceptors (Lipinski definition) is 9. The van der Waals surface area contributed by atoms with E-state index in [0.29, 0.717) is 0 Å². The number of fused-ring (bicyclic) bond motifs is 2. The van der Waals surface area contributed by atoms with Gasteiger partial charge in [0.15, 0.2) is 5.41 Å². The first-order chi connectivity index (χ1) is 15.7. The van der Waals surface area contributed by atoms with Crippen LogP contribution in [0.25, 0.3) is 0 Å². The molecule has 1 atom stereocenters. The molecule has 11 heteroatoms. The molecule has 1 unspecified atom stereocenters. The zero-order valence-corrected chi connectivity index (χ0v) is 18.0. The van der Waals surface area contributed by atoms with Gasteiger partial charge in [-0.3, -0.25) is 14.4 Å². The molecule has 3 rings (SSSR count). The normalized spacial score (nSPS) is 19.2. The summed E-state index contributed by atoms with van der Waals surface area (Å²) in [6.45, 7) is 2.64. The molecule has 0 radical (unpaired) electrons. The van der Waals surface area contributed by atoms with E-state index < -0.39 is 48.0 Å². The predicted octanol–water partition coefficient (Wildman–Crippen LogP) is 0.251. The number of nitriles is 1. The largest absolute Gasteiger partial charge is 0.466 e. The third kappa shape index (κ3) is 3.65. The number of hydrogen-bond donors (Lipinski definition) is 2. The van der Waals surface area contributed by atoms with Crippen LogP contribution in [0.15, 0.2) is 47.1 Å². The Bertz CT molecular complexity index is 1150. The van der Waals surface area contributed by atoms with Crippen LogP contribution < -0.4 is 16.4 Å². The van der Waals surface area contributed by atoms with Gasteiger partial charge < -0.3 is 30.6 Å². The molecule has 0 bridgehead atoms. The van der Waals surface area contributed by atoms with Crippen LogP contribution in [0.2, 0.25) is 0 Å². The summed E-state index contributed by atoms with van der Waals surface area (Å²) < 4.78 is 15.6. The van der Waals surface area contributed by atoms with E-state index in [1.165, 1.54) is 6.07 Å². The van der Waals surface area contributed by atoms with Gasteiger partial charge in [-0.05, 0) is 19.9 Å². The zero-order valence-electron chi connectivity index (χ0n) is 18.0. The number of nitrogens with two attached hydrogens (primary N) is 2. The number of nitrogens with zero attached hydrogens (tertiary/aromatic N) is 2. The Morgan fingerprint density at radius 1 is 1.18 bits per heavy atom. The van der Waals surface area contributed by atoms with Crippen LogP contribution in [0.4, 0.5) is 5.69 Å². The van der Waals surface area contributed by atoms with E-state index in [4.69, 9.17) is 25.7 Å². The SMILES string of the molecule is CCOC(=O)CC1=C(C(=O)OCC)C2(C(=O)N(CC(N)=O)c3ccccc32)C(C#N)=C(N)O1. The van der Waals surface area contributed by atoms with Crippen LogP contribution in [0, 0.1) is 11.3 Å². The molecular formula is C22H22N4O7. The summed E-state index contributed by atoms with van der Waals surface area (Å²) in [4.78, 5) is 52.2. The molecule has 172 valence electrons. The number of esters is 2. The monoisotopic (exact) mass is 454 g/mol. The van der Waals surface area contributed by atoms with Crippen LogP contribution in [-0.4, -0.2) is 43.5 Å². The Balaban J connectivity index is 2.40. The van der Waals surface area contributed by atoms with Crippen LogP contribution in [0.1, 0.15) is 25.8 Å². The van der Waals surface area contributed by atoms with Crippen molar-refractivity contribution in [1.82, 2.24) is 0 Å². The zero-order chi connectivity index (χ0) is 24.3. The van der Waals surface area contributed by atoms with Gasteiger partial charge in [-0.1, -0.05) is 18.2 Å². The highest BCUT2D eigenvalue weighted by Gasteiger charge is 2.62. The number of para-hydroxylation sites is 1. The molecule has 4 N–H and O–H groups in total. The summed E-state index contributed by atoms with van der Waals surface area (Å²) in [5.41, 5.74) is 8.96. The van der Waals surface area contributed by atoms with Crippen LogP contribution in [0.3, 0.4) is 0 Å². The predicted molar refractivity (Wildman–Crippen MR) is 112 cm³/mol. The lowest BCUT2D eigenvalue weighted by Crippen LogP contribution is -2.50. The van der Waals surface area contributed by atoms with Gasteiger partial charge in [0.1, 0.15) is 35.9 Å². The highest BCUT2D eigenvalue weighted by Crippen LogP contribution is 2.54. The summed E-state index contributed by atoms with van der Waals surface area (Å²) in [5.74, 6) is -4.12. The molecule has 1 spiro atoms. The molecule has 0 saturated carbocycles. The van der Waals surface area contributed by atoms with Gasteiger partial charge in [-0.25, -0.2) is 4.79 Å². The number of rotatable bonds is 7. The number of amides is 2. The van der Waals surface area contributed by atoms with E-state index >= 15 is 0 Å². The van der Waals surface area contributed by atoms with Gasteiger partial charge in [0.05, 0.1) is 13.2 Å². The minimum Gasteiger partial charge on any atom is -0.466 e. The van der Waals surface area contributed by atoms with Gasteiger partial charge in [-0.2, -0.15) is 5.26 Å². The molecule has 33 heavy (non-hydrogen) atoms. The number of benzene rings is 1. The van der Waals surface area contributed by atoms with Crippen molar-refractivity contribution in [2.75, 3.05) is 24.7 Å². The first-order valence-electron chi connectivity index (χ1n) is 10.1. The lowest BCUT2D eigenvalue weighted by atomic mass is 9.68. The quantitative estimate of drug-likeness (QED) is 0.547. The molecule has 11 nitrogen and oxygen atoms in total. The van der Waals surface area contributed by atoms with E-state index in [1.807, 2.05) is 6.07 Å². The molecule has 2 amide bonds. The fourth-order valence-electron chi connectivity index (χ4n) is 4.08. The average molecular weight is 454 g/mol. The van der Waals surface area contributed by atoms with Crippen molar-refractivity contribution in [2.24, 2.45) is 11.5 Å². The second-order valence-electron chi connectivity index (χ2n) is 7.08. The lowest BCUT2D eigenvalue weighted by molar-refractivity contribution is -0.143. The van der Waals surface area contributed by atoms with Crippen molar-refractivity contribution in [1.29, 1.82) is 5.26 Å². The van der Waals surface area contributed by atoms with E-state index in [-0.39, 0.29) is 41.4 Å². The number of carbonyl (C=O) groups is 4. The Hall–Kier alpha value is -4.33. The van der Waals surface area contributed by atoms with Crippen molar-refractivity contribution in [2.45, 2.75) is 25.7 Å². The molecule has 2 aliphatic rings. The van der Waals surface area contributed by atoms with Crippen LogP contribution >= 0.6 is 0 Å². The molecule has 1 aromatic carbocycles. The van der Waals surface area contributed by atoms with Crippen LogP contribution in [0.5, 0.6) is 0 Å². The highest BCUT2D eigenvalue weighted by molar-refractivity contribution is 6.20. The van der Waals surface area contributed by atoms with Gasteiger partial charge >= 0.3 is 11.9 Å². The minimum absolute atomic E-state index is 0.0625. The fourth-order valence-corrected chi connectivity index (χ4v) is 4.08. The third-order valence-corrected chi connectivity index (χ3v) is 5.19. The minimum atomic E-state index is -2.10. The fraction of sp³-hybridized carbons (Fsp3) is 0.318. The number of ether oxygens (including phenoxy) is 3. The third-order valence-electron chi connectivity index (χ3n) is 5.19. The van der Waals surface area contributed by atoms with E-state index in [1.54, 1.807) is 32.0 Å². The standard InChI is InChI=1S/C22H22N4O7/c1-3-31-17(28)9-15-18(20(29)32-4-2)22(13(10-23)19(25)33-15)12-7-5-6-8-14(12)26(21(22)30)11-16(24)27/h5-8H,3-4,9,11,25H2,1-2H3,(H2,24,27). The number of primary amides is 1. The van der Waals surface area contributed by atoms with Crippen molar-refractivity contribution in [3.63, 3.8) is 0 Å². The maximum absolute atomic E-state index is 13.9. The first-order valence-corrected chi connectivity index (χ1v) is 10.1. The topological polar surface area (TPSA) is 175 Å². The highest BCUT2D eigenvalue weighted by atomic mass is 16.5. The maximum atomic E-state index is 13.9. The molecule has 0 aliphatic carbocycles. The van der Waals surface area contributed by atoms with E-state index in [9.17, 15) is 24.4 Å². The second-order valence-corrected chi connectivity index (χ2v) is 7.08. The molecule has 0 aromatic heterocycles. The molecule has 0 fully saturated rings. The van der Waals surface area contributed by atoms with Gasteiger partial charge in [0.2, 0.25) is 17.7 Å². The van der Waals surface area contributed by atoms with Crippen molar-refractivity contribution < 1.29 is 33.4 Å². The van der Waals surface area contributed by atoms with Crippen LogP contribution in [-0.2, 0) is 38.8 Å². The molecule has 2 heterocycles. The van der Waals surface area contributed by atoms with E-state index in [2.05, 4.69) is 0 Å². The van der Waals surface area contributed by atoms with Gasteiger partial charge in [0, 0.05) is 11.3 Å².